The summed E-state index contributed by atoms with van der Waals surface area (Å²) in [4.78, 5) is 36.1. The first-order chi connectivity index (χ1) is 14.3. The number of carbonyl (C=O) groups excluding carboxylic acids is 3. The Morgan fingerprint density at radius 3 is 2.03 bits per heavy atom. The van der Waals surface area contributed by atoms with E-state index in [-0.39, 0.29) is 11.5 Å². The van der Waals surface area contributed by atoms with Crippen LogP contribution in [-0.4, -0.2) is 45.3 Å². The minimum Gasteiger partial charge on any atom is -0.493 e. The maximum absolute atomic E-state index is 12.1. The van der Waals surface area contributed by atoms with Gasteiger partial charge in [-0.3, -0.25) is 4.79 Å². The zero-order valence-electron chi connectivity index (χ0n) is 17.4. The molecule has 0 aliphatic heterocycles. The van der Waals surface area contributed by atoms with Gasteiger partial charge in [0, 0.05) is 5.69 Å². The van der Waals surface area contributed by atoms with Gasteiger partial charge in [0.15, 0.2) is 18.1 Å². The largest absolute Gasteiger partial charge is 0.493 e. The van der Waals surface area contributed by atoms with Gasteiger partial charge in [0.2, 0.25) is 0 Å². The number of hydrogen-bond acceptors (Lipinski definition) is 7. The Morgan fingerprint density at radius 1 is 0.833 bits per heavy atom. The summed E-state index contributed by atoms with van der Waals surface area (Å²) in [6.45, 7) is 3.77. The van der Waals surface area contributed by atoms with Crippen molar-refractivity contribution < 1.29 is 33.3 Å². The molecule has 0 unspecified atom stereocenters. The number of esters is 2. The first kappa shape index (κ1) is 22.7. The molecule has 2 rings (SSSR count). The number of amides is 1. The summed E-state index contributed by atoms with van der Waals surface area (Å²) >= 11 is 0. The molecule has 0 heterocycles. The summed E-state index contributed by atoms with van der Waals surface area (Å²) in [5.74, 6) is -0.514. The van der Waals surface area contributed by atoms with Gasteiger partial charge in [-0.05, 0) is 48.4 Å². The maximum Gasteiger partial charge on any atom is 0.338 e. The van der Waals surface area contributed by atoms with Gasteiger partial charge >= 0.3 is 11.9 Å². The van der Waals surface area contributed by atoms with Crippen molar-refractivity contribution in [2.45, 2.75) is 13.8 Å². The molecule has 1 amide bonds. The van der Waals surface area contributed by atoms with E-state index in [1.807, 2.05) is 13.8 Å². The fraction of sp³-hybridized carbons (Fsp3) is 0.318. The quantitative estimate of drug-likeness (QED) is 0.627. The van der Waals surface area contributed by atoms with Crippen molar-refractivity contribution in [3.63, 3.8) is 0 Å². The topological polar surface area (TPSA) is 100 Å². The van der Waals surface area contributed by atoms with E-state index in [1.54, 1.807) is 30.3 Å². The second-order valence-corrected chi connectivity index (χ2v) is 6.76. The summed E-state index contributed by atoms with van der Waals surface area (Å²) in [6, 6.07) is 10.8. The van der Waals surface area contributed by atoms with Crippen molar-refractivity contribution in [1.29, 1.82) is 0 Å². The molecule has 0 aromatic heterocycles. The van der Waals surface area contributed by atoms with Gasteiger partial charge in [-0.15, -0.1) is 0 Å². The number of ether oxygens (including phenoxy) is 4. The molecule has 30 heavy (non-hydrogen) atoms. The van der Waals surface area contributed by atoms with Crippen molar-refractivity contribution in [3.05, 3.63) is 53.6 Å². The van der Waals surface area contributed by atoms with Crippen LogP contribution in [0.4, 0.5) is 5.69 Å². The number of carbonyl (C=O) groups is 3. The molecule has 8 nitrogen and oxygen atoms in total. The van der Waals surface area contributed by atoms with Gasteiger partial charge in [-0.25, -0.2) is 9.59 Å². The Morgan fingerprint density at radius 2 is 1.43 bits per heavy atom. The molecule has 0 atom stereocenters. The molecule has 0 saturated carbocycles. The minimum atomic E-state index is -0.672. The Labute approximate surface area is 175 Å². The Balaban J connectivity index is 1.87. The predicted molar refractivity (Wildman–Crippen MR) is 110 cm³/mol. The van der Waals surface area contributed by atoms with E-state index in [0.717, 1.165) is 0 Å². The standard InChI is InChI=1S/C22H25NO7/c1-14(2)12-29-21(25)15-5-8-17(9-6-15)23-20(24)13-30-22(26)16-7-10-18(27-3)19(11-16)28-4/h5-11,14H,12-13H2,1-4H3,(H,23,24). The van der Waals surface area contributed by atoms with Gasteiger partial charge < -0.3 is 24.3 Å². The van der Waals surface area contributed by atoms with Crippen LogP contribution in [0.25, 0.3) is 0 Å². The molecule has 0 aliphatic carbocycles. The van der Waals surface area contributed by atoms with Crippen LogP contribution in [-0.2, 0) is 14.3 Å². The lowest BCUT2D eigenvalue weighted by Crippen LogP contribution is -2.21. The van der Waals surface area contributed by atoms with Gasteiger partial charge in [0.25, 0.3) is 5.91 Å². The highest BCUT2D eigenvalue weighted by Crippen LogP contribution is 2.27. The number of rotatable bonds is 9. The summed E-state index contributed by atoms with van der Waals surface area (Å²) < 4.78 is 20.4. The average molecular weight is 415 g/mol. The molecule has 1 N–H and O–H groups in total. The summed E-state index contributed by atoms with van der Waals surface area (Å²) in [5, 5.41) is 2.59. The van der Waals surface area contributed by atoms with E-state index in [0.29, 0.717) is 29.4 Å². The minimum absolute atomic E-state index is 0.227. The number of hydrogen-bond donors (Lipinski definition) is 1. The van der Waals surface area contributed by atoms with E-state index < -0.39 is 24.5 Å². The van der Waals surface area contributed by atoms with Crippen LogP contribution in [0.5, 0.6) is 11.5 Å². The first-order valence-electron chi connectivity index (χ1n) is 9.30. The second-order valence-electron chi connectivity index (χ2n) is 6.76. The Hall–Kier alpha value is -3.55. The predicted octanol–water partition coefficient (Wildman–Crippen LogP) is 3.31. The van der Waals surface area contributed by atoms with Crippen LogP contribution in [0, 0.1) is 5.92 Å². The van der Waals surface area contributed by atoms with Crippen molar-refractivity contribution in [2.75, 3.05) is 32.8 Å². The summed E-state index contributed by atoms with van der Waals surface area (Å²) in [5.41, 5.74) is 1.07. The number of anilines is 1. The fourth-order valence-corrected chi connectivity index (χ4v) is 2.39. The first-order valence-corrected chi connectivity index (χ1v) is 9.30. The molecule has 0 aliphatic rings. The molecule has 0 radical (unpaired) electrons. The number of nitrogens with one attached hydrogen (secondary N) is 1. The zero-order chi connectivity index (χ0) is 22.1. The van der Waals surface area contributed by atoms with E-state index >= 15 is 0 Å². The molecule has 2 aromatic rings. The fourth-order valence-electron chi connectivity index (χ4n) is 2.39. The van der Waals surface area contributed by atoms with Crippen LogP contribution in [0.15, 0.2) is 42.5 Å². The number of benzene rings is 2. The van der Waals surface area contributed by atoms with E-state index in [4.69, 9.17) is 18.9 Å². The molecule has 2 aromatic carbocycles. The smallest absolute Gasteiger partial charge is 0.338 e. The van der Waals surface area contributed by atoms with Gasteiger partial charge in [0.1, 0.15) is 0 Å². The van der Waals surface area contributed by atoms with Crippen LogP contribution < -0.4 is 14.8 Å². The Kier molecular flexibility index (Phi) is 8.22. The third-order valence-electron chi connectivity index (χ3n) is 3.91. The third-order valence-corrected chi connectivity index (χ3v) is 3.91. The van der Waals surface area contributed by atoms with Gasteiger partial charge in [-0.2, -0.15) is 0 Å². The van der Waals surface area contributed by atoms with Crippen LogP contribution in [0.3, 0.4) is 0 Å². The molecule has 0 bridgehead atoms. The number of methoxy groups -OCH3 is 2. The van der Waals surface area contributed by atoms with E-state index in [2.05, 4.69) is 5.32 Å². The normalized spacial score (nSPS) is 10.3. The summed E-state index contributed by atoms with van der Waals surface area (Å²) in [6.07, 6.45) is 0. The zero-order valence-corrected chi connectivity index (χ0v) is 17.4. The van der Waals surface area contributed by atoms with Crippen molar-refractivity contribution >= 4 is 23.5 Å². The lowest BCUT2D eigenvalue weighted by molar-refractivity contribution is -0.119. The van der Waals surface area contributed by atoms with Crippen molar-refractivity contribution in [3.8, 4) is 11.5 Å². The van der Waals surface area contributed by atoms with Gasteiger partial charge in [0.05, 0.1) is 32.0 Å². The second kappa shape index (κ2) is 10.8. The van der Waals surface area contributed by atoms with Gasteiger partial charge in [-0.1, -0.05) is 13.8 Å². The molecule has 0 saturated heterocycles. The highest BCUT2D eigenvalue weighted by Gasteiger charge is 2.14. The molecular weight excluding hydrogens is 390 g/mol. The highest BCUT2D eigenvalue weighted by atomic mass is 16.5. The van der Waals surface area contributed by atoms with Crippen molar-refractivity contribution in [2.24, 2.45) is 5.92 Å². The third kappa shape index (κ3) is 6.51. The SMILES string of the molecule is COc1ccc(C(=O)OCC(=O)Nc2ccc(C(=O)OCC(C)C)cc2)cc1OC. The highest BCUT2D eigenvalue weighted by molar-refractivity contribution is 5.96. The lowest BCUT2D eigenvalue weighted by atomic mass is 10.2. The monoisotopic (exact) mass is 415 g/mol. The van der Waals surface area contributed by atoms with E-state index in [1.165, 1.54) is 26.4 Å². The Bertz CT molecular complexity index is 891. The molecule has 0 fully saturated rings. The summed E-state index contributed by atoms with van der Waals surface area (Å²) in [7, 11) is 2.94. The molecular formula is C22H25NO7. The van der Waals surface area contributed by atoms with Crippen LogP contribution >= 0.6 is 0 Å². The maximum atomic E-state index is 12.1. The van der Waals surface area contributed by atoms with Crippen molar-refractivity contribution in [1.82, 2.24) is 0 Å². The van der Waals surface area contributed by atoms with Crippen LogP contribution in [0.1, 0.15) is 34.6 Å². The van der Waals surface area contributed by atoms with Crippen LogP contribution in [0.2, 0.25) is 0 Å². The molecule has 8 heteroatoms. The molecule has 160 valence electrons. The molecule has 0 spiro atoms. The van der Waals surface area contributed by atoms with E-state index in [9.17, 15) is 14.4 Å². The average Bonchev–Trinajstić information content (AvgIpc) is 2.75. The lowest BCUT2D eigenvalue weighted by Gasteiger charge is -2.10.